The Morgan fingerprint density at radius 3 is 2.57 bits per heavy atom. The number of amides is 3. The molecule has 11 heteroatoms. The molecule has 184 valence electrons. The largest absolute Gasteiger partial charge is 0.473 e. The van der Waals surface area contributed by atoms with Crippen LogP contribution in [-0.4, -0.2) is 82.2 Å². The van der Waals surface area contributed by atoms with E-state index in [9.17, 15) is 9.59 Å². The van der Waals surface area contributed by atoms with Crippen LogP contribution in [-0.2, 0) is 9.53 Å². The van der Waals surface area contributed by atoms with Gasteiger partial charge in [0.2, 0.25) is 11.8 Å². The maximum absolute atomic E-state index is 11.5. The van der Waals surface area contributed by atoms with E-state index in [-0.39, 0.29) is 32.1 Å². The number of morpholine rings is 1. The Morgan fingerprint density at radius 2 is 1.86 bits per heavy atom. The van der Waals surface area contributed by atoms with Crippen molar-refractivity contribution in [1.29, 1.82) is 0 Å². The summed E-state index contributed by atoms with van der Waals surface area (Å²) in [7, 11) is 0. The molecular weight excluding hydrogens is 468 g/mol. The second kappa shape index (κ2) is 10.4. The monoisotopic (exact) mass is 496 g/mol. The van der Waals surface area contributed by atoms with E-state index < -0.39 is 6.03 Å². The van der Waals surface area contributed by atoms with E-state index in [0.29, 0.717) is 42.5 Å². The lowest BCUT2D eigenvalue weighted by molar-refractivity contribution is -0.133. The van der Waals surface area contributed by atoms with Crippen molar-refractivity contribution >= 4 is 36.5 Å². The highest BCUT2D eigenvalue weighted by molar-refractivity contribution is 7.59. The SMILES string of the molecule is CC(=O)N1CC(c2ccc(-c3cc4nccnc4c(OC[C@@H]4CN(C(N)=O)CCO4)n3)cc2)C1.S. The Hall–Kier alpha value is -3.44. The first kappa shape index (κ1) is 24.7. The Labute approximate surface area is 209 Å². The molecule has 2 saturated heterocycles. The second-order valence-corrected chi connectivity index (χ2v) is 8.57. The van der Waals surface area contributed by atoms with E-state index in [1.807, 2.05) is 23.1 Å². The molecule has 3 amide bonds. The number of carbonyl (C=O) groups excluding carboxylic acids is 2. The summed E-state index contributed by atoms with van der Waals surface area (Å²) in [6.07, 6.45) is 2.92. The number of pyridine rings is 1. The van der Waals surface area contributed by atoms with Gasteiger partial charge in [0.25, 0.3) is 0 Å². The maximum Gasteiger partial charge on any atom is 0.314 e. The number of benzene rings is 1. The smallest absolute Gasteiger partial charge is 0.314 e. The fraction of sp³-hybridized carbons (Fsp3) is 0.375. The molecule has 0 saturated carbocycles. The number of nitrogens with two attached hydrogens (primary N) is 1. The number of fused-ring (bicyclic) bond motifs is 1. The second-order valence-electron chi connectivity index (χ2n) is 8.57. The summed E-state index contributed by atoms with van der Waals surface area (Å²) >= 11 is 0. The highest BCUT2D eigenvalue weighted by Crippen LogP contribution is 2.31. The zero-order chi connectivity index (χ0) is 23.7. The molecule has 4 heterocycles. The van der Waals surface area contributed by atoms with Crippen molar-refractivity contribution in [2.24, 2.45) is 5.73 Å². The number of nitrogens with zero attached hydrogens (tertiary/aromatic N) is 5. The van der Waals surface area contributed by atoms with E-state index in [4.69, 9.17) is 20.2 Å². The fourth-order valence-corrected chi connectivity index (χ4v) is 4.26. The van der Waals surface area contributed by atoms with Crippen LogP contribution in [0.25, 0.3) is 22.3 Å². The number of hydrogen-bond acceptors (Lipinski definition) is 7. The normalized spacial score (nSPS) is 18.0. The van der Waals surface area contributed by atoms with Crippen LogP contribution < -0.4 is 10.5 Å². The number of aromatic nitrogens is 3. The minimum atomic E-state index is -0.468. The number of likely N-dealkylation sites (tertiary alicyclic amines) is 1. The van der Waals surface area contributed by atoms with Crippen molar-refractivity contribution in [3.8, 4) is 17.1 Å². The van der Waals surface area contributed by atoms with Crippen molar-refractivity contribution in [3.05, 3.63) is 48.3 Å². The Bertz CT molecular complexity index is 1220. The van der Waals surface area contributed by atoms with Crippen molar-refractivity contribution in [1.82, 2.24) is 24.8 Å². The van der Waals surface area contributed by atoms with Crippen LogP contribution in [0.2, 0.25) is 0 Å². The van der Waals surface area contributed by atoms with Crippen LogP contribution in [0.4, 0.5) is 4.79 Å². The highest BCUT2D eigenvalue weighted by atomic mass is 32.1. The Kier molecular flexibility index (Phi) is 7.37. The molecule has 5 rings (SSSR count). The first-order chi connectivity index (χ1) is 16.5. The molecule has 0 spiro atoms. The molecular formula is C24H28N6O4S. The minimum absolute atomic E-state index is 0. The van der Waals surface area contributed by atoms with Gasteiger partial charge in [-0.25, -0.2) is 14.8 Å². The lowest BCUT2D eigenvalue weighted by Gasteiger charge is -2.39. The zero-order valence-corrected chi connectivity index (χ0v) is 20.4. The highest BCUT2D eigenvalue weighted by Gasteiger charge is 2.29. The van der Waals surface area contributed by atoms with Gasteiger partial charge in [0.15, 0.2) is 5.52 Å². The van der Waals surface area contributed by atoms with Gasteiger partial charge in [-0.15, -0.1) is 0 Å². The third-order valence-corrected chi connectivity index (χ3v) is 6.29. The van der Waals surface area contributed by atoms with Crippen LogP contribution in [0.15, 0.2) is 42.7 Å². The first-order valence-corrected chi connectivity index (χ1v) is 11.2. The lowest BCUT2D eigenvalue weighted by Crippen LogP contribution is -2.49. The fourth-order valence-electron chi connectivity index (χ4n) is 4.26. The molecule has 10 nitrogen and oxygen atoms in total. The summed E-state index contributed by atoms with van der Waals surface area (Å²) in [6.45, 7) is 4.56. The molecule has 0 unspecified atom stereocenters. The van der Waals surface area contributed by atoms with Crippen LogP contribution in [0, 0.1) is 0 Å². The van der Waals surface area contributed by atoms with Crippen molar-refractivity contribution < 1.29 is 19.1 Å². The van der Waals surface area contributed by atoms with E-state index in [2.05, 4.69) is 22.1 Å². The van der Waals surface area contributed by atoms with Crippen molar-refractivity contribution in [2.45, 2.75) is 18.9 Å². The predicted molar refractivity (Wildman–Crippen MR) is 135 cm³/mol. The van der Waals surface area contributed by atoms with Crippen LogP contribution in [0.5, 0.6) is 5.88 Å². The van der Waals surface area contributed by atoms with Crippen LogP contribution in [0.3, 0.4) is 0 Å². The quantitative estimate of drug-likeness (QED) is 0.572. The molecule has 2 aliphatic heterocycles. The summed E-state index contributed by atoms with van der Waals surface area (Å²) in [5.41, 5.74) is 9.48. The van der Waals surface area contributed by atoms with Crippen LogP contribution >= 0.6 is 13.5 Å². The van der Waals surface area contributed by atoms with E-state index in [0.717, 1.165) is 24.3 Å². The van der Waals surface area contributed by atoms with Gasteiger partial charge in [-0.3, -0.25) is 9.78 Å². The summed E-state index contributed by atoms with van der Waals surface area (Å²) in [6, 6.07) is 9.62. The lowest BCUT2D eigenvalue weighted by atomic mass is 9.90. The molecule has 2 fully saturated rings. The zero-order valence-electron chi connectivity index (χ0n) is 19.4. The number of urea groups is 1. The summed E-state index contributed by atoms with van der Waals surface area (Å²) < 4.78 is 11.7. The van der Waals surface area contributed by atoms with Gasteiger partial charge in [0.1, 0.15) is 12.7 Å². The molecule has 3 aromatic rings. The number of rotatable bonds is 5. The van der Waals surface area contributed by atoms with Gasteiger partial charge in [-0.05, 0) is 11.6 Å². The summed E-state index contributed by atoms with van der Waals surface area (Å²) in [5.74, 6) is 0.839. The average Bonchev–Trinajstić information content (AvgIpc) is 2.82. The van der Waals surface area contributed by atoms with Crippen LogP contribution in [0.1, 0.15) is 18.4 Å². The van der Waals surface area contributed by atoms with Gasteiger partial charge >= 0.3 is 6.03 Å². The summed E-state index contributed by atoms with van der Waals surface area (Å²) in [5, 5.41) is 0. The number of hydrogen-bond donors (Lipinski definition) is 1. The van der Waals surface area contributed by atoms with Gasteiger partial charge in [-0.2, -0.15) is 13.5 Å². The number of primary amides is 1. The van der Waals surface area contributed by atoms with E-state index >= 15 is 0 Å². The maximum atomic E-state index is 11.5. The molecule has 0 aliphatic carbocycles. The molecule has 2 N–H and O–H groups in total. The van der Waals surface area contributed by atoms with Gasteiger partial charge in [0, 0.05) is 50.4 Å². The molecule has 2 aliphatic rings. The summed E-state index contributed by atoms with van der Waals surface area (Å²) in [4.78, 5) is 39.9. The molecule has 35 heavy (non-hydrogen) atoms. The predicted octanol–water partition coefficient (Wildman–Crippen LogP) is 1.91. The average molecular weight is 497 g/mol. The Balaban J connectivity index is 0.00000289. The van der Waals surface area contributed by atoms with E-state index in [1.54, 1.807) is 24.2 Å². The van der Waals surface area contributed by atoms with Gasteiger partial charge in [0.05, 0.1) is 24.4 Å². The molecule has 0 bridgehead atoms. The first-order valence-electron chi connectivity index (χ1n) is 11.2. The standard InChI is InChI=1S/C24H26N6O4.H2S/c1-15(31)30-11-18(12-30)16-2-4-17(5-3-16)20-10-21-22(27-7-6-26-21)23(28-20)34-14-19-13-29(24(25)32)8-9-33-19;/h2-7,10,18-19H,8-9,11-14H2,1H3,(H2,25,32);1H2/t19-;/m0./s1. The van der Waals surface area contributed by atoms with Gasteiger partial charge < -0.3 is 25.0 Å². The number of carbonyl (C=O) groups is 2. The molecule has 2 aromatic heterocycles. The number of ether oxygens (including phenoxy) is 2. The third kappa shape index (κ3) is 5.30. The topological polar surface area (TPSA) is 124 Å². The van der Waals surface area contributed by atoms with Crippen molar-refractivity contribution in [2.75, 3.05) is 39.4 Å². The molecule has 1 aromatic carbocycles. The Morgan fingerprint density at radius 1 is 1.11 bits per heavy atom. The van der Waals surface area contributed by atoms with Crippen molar-refractivity contribution in [3.63, 3.8) is 0 Å². The molecule has 1 atom stereocenters. The molecule has 0 radical (unpaired) electrons. The van der Waals surface area contributed by atoms with E-state index in [1.165, 1.54) is 5.56 Å². The van der Waals surface area contributed by atoms with Gasteiger partial charge in [-0.1, -0.05) is 24.3 Å². The third-order valence-electron chi connectivity index (χ3n) is 6.29. The minimum Gasteiger partial charge on any atom is -0.473 e.